The van der Waals surface area contributed by atoms with E-state index < -0.39 is 0 Å². The van der Waals surface area contributed by atoms with E-state index in [2.05, 4.69) is 34.3 Å². The van der Waals surface area contributed by atoms with Crippen LogP contribution in [0.4, 0.5) is 0 Å². The zero-order valence-electron chi connectivity index (χ0n) is 9.58. The monoisotopic (exact) mass is 208 g/mol. The second-order valence-electron chi connectivity index (χ2n) is 4.87. The van der Waals surface area contributed by atoms with Gasteiger partial charge in [0.1, 0.15) is 12.2 Å². The first kappa shape index (κ1) is 10.6. The summed E-state index contributed by atoms with van der Waals surface area (Å²) in [7, 11) is 0. The van der Waals surface area contributed by atoms with Gasteiger partial charge in [-0.05, 0) is 38.1 Å². The summed E-state index contributed by atoms with van der Waals surface area (Å²) >= 11 is 0. The van der Waals surface area contributed by atoms with Crippen LogP contribution in [-0.2, 0) is 6.42 Å². The van der Waals surface area contributed by atoms with Crippen LogP contribution in [-0.4, -0.2) is 27.8 Å². The first-order valence-electron chi connectivity index (χ1n) is 5.78. The molecule has 0 saturated heterocycles. The van der Waals surface area contributed by atoms with Crippen molar-refractivity contribution in [2.24, 2.45) is 5.41 Å². The molecule has 0 aliphatic heterocycles. The SMILES string of the molecule is CC(NCCCc1ncn[nH]1)C1(C)CC1. The molecule has 1 fully saturated rings. The Balaban J connectivity index is 1.59. The molecule has 2 N–H and O–H groups in total. The maximum atomic E-state index is 4.10. The number of nitrogens with zero attached hydrogens (tertiary/aromatic N) is 2. The van der Waals surface area contributed by atoms with Gasteiger partial charge < -0.3 is 5.32 Å². The Morgan fingerprint density at radius 2 is 2.40 bits per heavy atom. The van der Waals surface area contributed by atoms with E-state index in [0.29, 0.717) is 11.5 Å². The second kappa shape index (κ2) is 4.31. The average molecular weight is 208 g/mol. The molecule has 0 amide bonds. The van der Waals surface area contributed by atoms with Crippen LogP contribution in [0.1, 0.15) is 38.9 Å². The third kappa shape index (κ3) is 2.78. The van der Waals surface area contributed by atoms with E-state index in [-0.39, 0.29) is 0 Å². The van der Waals surface area contributed by atoms with Crippen molar-refractivity contribution in [3.63, 3.8) is 0 Å². The van der Waals surface area contributed by atoms with Crippen molar-refractivity contribution in [2.45, 2.75) is 45.6 Å². The maximum absolute atomic E-state index is 4.10. The summed E-state index contributed by atoms with van der Waals surface area (Å²) in [6, 6.07) is 0.646. The minimum atomic E-state index is 0.576. The van der Waals surface area contributed by atoms with Crippen molar-refractivity contribution in [3.8, 4) is 0 Å². The predicted molar refractivity (Wildman–Crippen MR) is 59.5 cm³/mol. The molecule has 1 atom stereocenters. The fourth-order valence-electron chi connectivity index (χ4n) is 1.80. The van der Waals surface area contributed by atoms with Gasteiger partial charge in [0.2, 0.25) is 0 Å². The lowest BCUT2D eigenvalue weighted by atomic mass is 10.0. The van der Waals surface area contributed by atoms with Crippen molar-refractivity contribution in [1.82, 2.24) is 20.5 Å². The van der Waals surface area contributed by atoms with Gasteiger partial charge in [0.15, 0.2) is 0 Å². The summed E-state index contributed by atoms with van der Waals surface area (Å²) in [5, 5.41) is 10.3. The second-order valence-corrected chi connectivity index (χ2v) is 4.87. The molecule has 0 aromatic carbocycles. The zero-order chi connectivity index (χ0) is 10.7. The van der Waals surface area contributed by atoms with Crippen LogP contribution in [0.25, 0.3) is 0 Å². The Kier molecular flexibility index (Phi) is 3.05. The highest BCUT2D eigenvalue weighted by molar-refractivity contribution is 4.96. The molecular weight excluding hydrogens is 188 g/mol. The lowest BCUT2D eigenvalue weighted by Crippen LogP contribution is -2.34. The molecule has 0 bridgehead atoms. The molecule has 1 aromatic heterocycles. The van der Waals surface area contributed by atoms with Crippen LogP contribution in [0.5, 0.6) is 0 Å². The fourth-order valence-corrected chi connectivity index (χ4v) is 1.80. The number of aromatic amines is 1. The third-order valence-electron chi connectivity index (χ3n) is 3.59. The van der Waals surface area contributed by atoms with Gasteiger partial charge in [-0.25, -0.2) is 4.98 Å². The maximum Gasteiger partial charge on any atom is 0.137 e. The van der Waals surface area contributed by atoms with Gasteiger partial charge in [0.25, 0.3) is 0 Å². The standard InChI is InChI=1S/C11H20N4/c1-9(11(2)5-6-11)12-7-3-4-10-13-8-14-15-10/h8-9,12H,3-7H2,1-2H3,(H,13,14,15). The highest BCUT2D eigenvalue weighted by atomic mass is 15.2. The third-order valence-corrected chi connectivity index (χ3v) is 3.59. The molecule has 1 heterocycles. The van der Waals surface area contributed by atoms with Gasteiger partial charge in [-0.15, -0.1) is 0 Å². The van der Waals surface area contributed by atoms with Crippen LogP contribution < -0.4 is 5.32 Å². The molecule has 4 nitrogen and oxygen atoms in total. The Labute approximate surface area is 90.9 Å². The molecule has 4 heteroatoms. The Bertz CT molecular complexity index is 290. The van der Waals surface area contributed by atoms with Gasteiger partial charge in [0, 0.05) is 12.5 Å². The van der Waals surface area contributed by atoms with Crippen LogP contribution >= 0.6 is 0 Å². The minimum Gasteiger partial charge on any atom is -0.314 e. The summed E-state index contributed by atoms with van der Waals surface area (Å²) < 4.78 is 0. The van der Waals surface area contributed by atoms with E-state index in [1.807, 2.05) is 0 Å². The summed E-state index contributed by atoms with van der Waals surface area (Å²) in [6.45, 7) is 5.72. The van der Waals surface area contributed by atoms with Crippen LogP contribution in [0.2, 0.25) is 0 Å². The number of H-pyrrole nitrogens is 1. The number of aryl methyl sites for hydroxylation is 1. The van der Waals surface area contributed by atoms with Gasteiger partial charge in [-0.1, -0.05) is 6.92 Å². The Hall–Kier alpha value is -0.900. The van der Waals surface area contributed by atoms with Crippen LogP contribution in [0.15, 0.2) is 6.33 Å². The molecule has 1 aliphatic carbocycles. The first-order chi connectivity index (χ1) is 7.21. The van der Waals surface area contributed by atoms with E-state index >= 15 is 0 Å². The summed E-state index contributed by atoms with van der Waals surface area (Å²) in [4.78, 5) is 4.10. The normalized spacial score (nSPS) is 20.1. The number of aromatic nitrogens is 3. The summed E-state index contributed by atoms with van der Waals surface area (Å²) in [6.07, 6.45) is 6.43. The van der Waals surface area contributed by atoms with Crippen molar-refractivity contribution < 1.29 is 0 Å². The molecule has 1 aromatic rings. The molecular formula is C11H20N4. The van der Waals surface area contributed by atoms with Crippen molar-refractivity contribution in [2.75, 3.05) is 6.54 Å². The van der Waals surface area contributed by atoms with Gasteiger partial charge in [-0.3, -0.25) is 5.10 Å². The Morgan fingerprint density at radius 1 is 1.60 bits per heavy atom. The molecule has 15 heavy (non-hydrogen) atoms. The predicted octanol–water partition coefficient (Wildman–Crippen LogP) is 1.52. The molecule has 0 radical (unpaired) electrons. The highest BCUT2D eigenvalue weighted by Crippen LogP contribution is 2.47. The van der Waals surface area contributed by atoms with E-state index in [4.69, 9.17) is 0 Å². The van der Waals surface area contributed by atoms with E-state index in [9.17, 15) is 0 Å². The highest BCUT2D eigenvalue weighted by Gasteiger charge is 2.41. The quantitative estimate of drug-likeness (QED) is 0.697. The van der Waals surface area contributed by atoms with Gasteiger partial charge in [0.05, 0.1) is 0 Å². The Morgan fingerprint density at radius 3 is 3.00 bits per heavy atom. The molecule has 1 saturated carbocycles. The number of nitrogens with one attached hydrogen (secondary N) is 2. The summed E-state index contributed by atoms with van der Waals surface area (Å²) in [5.41, 5.74) is 0.576. The van der Waals surface area contributed by atoms with Crippen LogP contribution in [0, 0.1) is 5.41 Å². The minimum absolute atomic E-state index is 0.576. The molecule has 84 valence electrons. The first-order valence-corrected chi connectivity index (χ1v) is 5.78. The summed E-state index contributed by atoms with van der Waals surface area (Å²) in [5.74, 6) is 0.988. The topological polar surface area (TPSA) is 53.6 Å². The van der Waals surface area contributed by atoms with Crippen molar-refractivity contribution >= 4 is 0 Å². The van der Waals surface area contributed by atoms with Gasteiger partial charge in [-0.2, -0.15) is 5.10 Å². The lowest BCUT2D eigenvalue weighted by molar-refractivity contribution is 0.379. The molecule has 0 spiro atoms. The van der Waals surface area contributed by atoms with E-state index in [0.717, 1.165) is 25.2 Å². The van der Waals surface area contributed by atoms with Gasteiger partial charge >= 0.3 is 0 Å². The average Bonchev–Trinajstić information content (AvgIpc) is 2.80. The van der Waals surface area contributed by atoms with Crippen molar-refractivity contribution in [3.05, 3.63) is 12.2 Å². The largest absolute Gasteiger partial charge is 0.314 e. The van der Waals surface area contributed by atoms with E-state index in [1.54, 1.807) is 6.33 Å². The van der Waals surface area contributed by atoms with E-state index in [1.165, 1.54) is 12.8 Å². The zero-order valence-corrected chi connectivity index (χ0v) is 9.58. The molecule has 1 aliphatic rings. The molecule has 1 unspecified atom stereocenters. The number of hydrogen-bond donors (Lipinski definition) is 2. The molecule has 2 rings (SSSR count). The number of rotatable bonds is 6. The van der Waals surface area contributed by atoms with Crippen LogP contribution in [0.3, 0.4) is 0 Å². The van der Waals surface area contributed by atoms with Crippen molar-refractivity contribution in [1.29, 1.82) is 0 Å². The smallest absolute Gasteiger partial charge is 0.137 e. The number of hydrogen-bond acceptors (Lipinski definition) is 3. The fraction of sp³-hybridized carbons (Fsp3) is 0.818. The lowest BCUT2D eigenvalue weighted by Gasteiger charge is -2.20.